The second-order valence-electron chi connectivity index (χ2n) is 4.46. The lowest BCUT2D eigenvalue weighted by Crippen LogP contribution is -2.23. The van der Waals surface area contributed by atoms with Crippen LogP contribution in [-0.4, -0.2) is 24.8 Å². The van der Waals surface area contributed by atoms with E-state index in [1.165, 1.54) is 0 Å². The monoisotopic (exact) mass is 270 g/mol. The summed E-state index contributed by atoms with van der Waals surface area (Å²) in [7, 11) is -2.86. The molecule has 0 aromatic rings. The minimum Gasteiger partial charge on any atom is -0.229 e. The van der Waals surface area contributed by atoms with Crippen molar-refractivity contribution < 1.29 is 8.42 Å². The van der Waals surface area contributed by atoms with E-state index < -0.39 is 9.84 Å². The van der Waals surface area contributed by atoms with Crippen LogP contribution in [0.15, 0.2) is 0 Å². The fourth-order valence-corrected chi connectivity index (χ4v) is 2.31. The molecule has 0 bridgehead atoms. The van der Waals surface area contributed by atoms with Crippen LogP contribution in [0.4, 0.5) is 0 Å². The van der Waals surface area contributed by atoms with Crippen molar-refractivity contribution >= 4 is 25.8 Å². The van der Waals surface area contributed by atoms with Gasteiger partial charge in [0.1, 0.15) is 0 Å². The molecule has 0 spiro atoms. The normalized spacial score (nSPS) is 13.7. The fraction of sp³-hybridized carbons (Fsp3) is 1.00. The minimum absolute atomic E-state index is 0.0714. The van der Waals surface area contributed by atoms with Gasteiger partial charge in [-0.05, 0) is 25.7 Å². The van der Waals surface area contributed by atoms with Crippen molar-refractivity contribution in [2.45, 2.75) is 39.4 Å². The molecule has 0 amide bonds. The predicted molar refractivity (Wildman–Crippen MR) is 61.1 cm³/mol. The number of alkyl halides is 1. The smallest absolute Gasteiger partial charge is 0.152 e. The molecule has 2 nitrogen and oxygen atoms in total. The highest BCUT2D eigenvalue weighted by Gasteiger charge is 2.22. The van der Waals surface area contributed by atoms with Crippen LogP contribution in [0.5, 0.6) is 0 Å². The summed E-state index contributed by atoms with van der Waals surface area (Å²) < 4.78 is 23.0. The summed E-state index contributed by atoms with van der Waals surface area (Å²) in [6.07, 6.45) is 0.721. The van der Waals surface area contributed by atoms with Crippen molar-refractivity contribution in [1.82, 2.24) is 0 Å². The first kappa shape index (κ1) is 13.4. The van der Waals surface area contributed by atoms with E-state index in [1.807, 2.05) is 0 Å². The molecule has 0 aliphatic heterocycles. The lowest BCUT2D eigenvalue weighted by atomic mass is 9.93. The Bertz CT molecular complexity index is 242. The number of sulfone groups is 1. The van der Waals surface area contributed by atoms with Gasteiger partial charge < -0.3 is 0 Å². The lowest BCUT2D eigenvalue weighted by Gasteiger charge is -2.21. The third-order valence-corrected chi connectivity index (χ3v) is 5.87. The maximum atomic E-state index is 11.5. The van der Waals surface area contributed by atoms with Gasteiger partial charge in [-0.1, -0.05) is 29.8 Å². The largest absolute Gasteiger partial charge is 0.229 e. The summed E-state index contributed by atoms with van der Waals surface area (Å²) in [5.74, 6) is 0.295. The maximum Gasteiger partial charge on any atom is 0.152 e. The van der Waals surface area contributed by atoms with Crippen LogP contribution < -0.4 is 0 Å². The Balaban J connectivity index is 4.19. The first-order valence-electron chi connectivity index (χ1n) is 4.49. The van der Waals surface area contributed by atoms with Crippen molar-refractivity contribution in [3.05, 3.63) is 0 Å². The summed E-state index contributed by atoms with van der Waals surface area (Å²) >= 11 is 3.38. The second-order valence-corrected chi connectivity index (χ2v) is 7.70. The molecule has 0 atom stereocenters. The van der Waals surface area contributed by atoms with E-state index in [4.69, 9.17) is 0 Å². The summed E-state index contributed by atoms with van der Waals surface area (Å²) in [5, 5.41) is 0.590. The standard InChI is InChI=1S/C9H19BrO2S/c1-8(2)13(11,12)6-5-9(3,4)7-10/h8H,5-7H2,1-4H3. The van der Waals surface area contributed by atoms with Gasteiger partial charge in [0.05, 0.1) is 11.0 Å². The lowest BCUT2D eigenvalue weighted by molar-refractivity contribution is 0.409. The van der Waals surface area contributed by atoms with Crippen molar-refractivity contribution in [2.75, 3.05) is 11.1 Å². The number of hydrogen-bond donors (Lipinski definition) is 0. The first-order chi connectivity index (χ1) is 5.71. The Morgan fingerprint density at radius 1 is 1.31 bits per heavy atom. The molecule has 0 saturated carbocycles. The van der Waals surface area contributed by atoms with Crippen molar-refractivity contribution in [1.29, 1.82) is 0 Å². The molecular formula is C9H19BrO2S. The molecule has 0 aromatic heterocycles. The minimum atomic E-state index is -2.86. The second kappa shape index (κ2) is 4.78. The van der Waals surface area contributed by atoms with Crippen LogP contribution in [0.2, 0.25) is 0 Å². The Kier molecular flexibility index (Phi) is 4.94. The number of hydrogen-bond acceptors (Lipinski definition) is 2. The third-order valence-electron chi connectivity index (χ3n) is 2.14. The Morgan fingerprint density at radius 2 is 1.77 bits per heavy atom. The first-order valence-corrected chi connectivity index (χ1v) is 7.32. The zero-order chi connectivity index (χ0) is 10.7. The molecule has 4 heteroatoms. The Morgan fingerprint density at radius 3 is 2.08 bits per heavy atom. The molecule has 0 heterocycles. The van der Waals surface area contributed by atoms with E-state index in [0.717, 1.165) is 11.8 Å². The number of halogens is 1. The highest BCUT2D eigenvalue weighted by molar-refractivity contribution is 9.09. The zero-order valence-electron chi connectivity index (χ0n) is 8.80. The molecule has 0 unspecified atom stereocenters. The van der Waals surface area contributed by atoms with Gasteiger partial charge in [0.15, 0.2) is 9.84 Å². The van der Waals surface area contributed by atoms with Crippen LogP contribution in [0.3, 0.4) is 0 Å². The van der Waals surface area contributed by atoms with Gasteiger partial charge in [-0.3, -0.25) is 0 Å². The molecular weight excluding hydrogens is 252 g/mol. The van der Waals surface area contributed by atoms with Crippen LogP contribution >= 0.6 is 15.9 Å². The fourth-order valence-electron chi connectivity index (χ4n) is 0.721. The highest BCUT2D eigenvalue weighted by Crippen LogP contribution is 2.24. The zero-order valence-corrected chi connectivity index (χ0v) is 11.2. The highest BCUT2D eigenvalue weighted by atomic mass is 79.9. The molecule has 80 valence electrons. The van der Waals surface area contributed by atoms with Gasteiger partial charge in [-0.25, -0.2) is 8.42 Å². The van der Waals surface area contributed by atoms with Crippen molar-refractivity contribution in [3.63, 3.8) is 0 Å². The van der Waals surface area contributed by atoms with Gasteiger partial charge in [0, 0.05) is 5.33 Å². The molecule has 0 N–H and O–H groups in total. The van der Waals surface area contributed by atoms with E-state index in [0.29, 0.717) is 5.75 Å². The topological polar surface area (TPSA) is 34.1 Å². The quantitative estimate of drug-likeness (QED) is 0.720. The summed E-state index contributed by atoms with van der Waals surface area (Å²) in [4.78, 5) is 0. The average molecular weight is 271 g/mol. The van der Waals surface area contributed by atoms with E-state index in [-0.39, 0.29) is 10.7 Å². The summed E-state index contributed by atoms with van der Waals surface area (Å²) in [6, 6.07) is 0. The van der Waals surface area contributed by atoms with Gasteiger partial charge in [-0.2, -0.15) is 0 Å². The van der Waals surface area contributed by atoms with Crippen LogP contribution in [0.1, 0.15) is 34.1 Å². The Hall–Kier alpha value is 0.430. The molecule has 0 aromatic carbocycles. The SMILES string of the molecule is CC(C)S(=O)(=O)CCC(C)(C)CBr. The molecule has 0 radical (unpaired) electrons. The van der Waals surface area contributed by atoms with E-state index in [1.54, 1.807) is 13.8 Å². The molecule has 0 saturated heterocycles. The van der Waals surface area contributed by atoms with Crippen LogP contribution in [0, 0.1) is 5.41 Å². The van der Waals surface area contributed by atoms with Crippen LogP contribution in [0.25, 0.3) is 0 Å². The van der Waals surface area contributed by atoms with Crippen LogP contribution in [-0.2, 0) is 9.84 Å². The van der Waals surface area contributed by atoms with Gasteiger partial charge in [-0.15, -0.1) is 0 Å². The van der Waals surface area contributed by atoms with E-state index in [2.05, 4.69) is 29.8 Å². The molecule has 0 aliphatic rings. The Labute approximate surface area is 90.2 Å². The molecule has 0 aliphatic carbocycles. The van der Waals surface area contributed by atoms with Crippen molar-refractivity contribution in [3.8, 4) is 0 Å². The molecule has 0 rings (SSSR count). The van der Waals surface area contributed by atoms with E-state index in [9.17, 15) is 8.42 Å². The van der Waals surface area contributed by atoms with Gasteiger partial charge in [0.25, 0.3) is 0 Å². The van der Waals surface area contributed by atoms with Crippen molar-refractivity contribution in [2.24, 2.45) is 5.41 Å². The van der Waals surface area contributed by atoms with Gasteiger partial charge >= 0.3 is 0 Å². The predicted octanol–water partition coefficient (Wildman–Crippen LogP) is 2.62. The number of rotatable bonds is 5. The molecule has 13 heavy (non-hydrogen) atoms. The third kappa shape index (κ3) is 5.01. The summed E-state index contributed by atoms with van der Waals surface area (Å²) in [5.41, 5.74) is 0.0714. The average Bonchev–Trinajstić information content (AvgIpc) is 2.01. The maximum absolute atomic E-state index is 11.5. The van der Waals surface area contributed by atoms with E-state index >= 15 is 0 Å². The summed E-state index contributed by atoms with van der Waals surface area (Å²) in [6.45, 7) is 7.60. The molecule has 0 fully saturated rings. The van der Waals surface area contributed by atoms with Gasteiger partial charge in [0.2, 0.25) is 0 Å².